The van der Waals surface area contributed by atoms with Gasteiger partial charge in [0.2, 0.25) is 5.88 Å². The first-order valence-electron chi connectivity index (χ1n) is 6.25. The molecule has 3 rings (SSSR count). The highest BCUT2D eigenvalue weighted by Crippen LogP contribution is 2.31. The second kappa shape index (κ2) is 5.75. The second-order valence-electron chi connectivity index (χ2n) is 4.55. The van der Waals surface area contributed by atoms with E-state index in [1.807, 2.05) is 6.92 Å². The number of nitrogens with zero attached hydrogens (tertiary/aromatic N) is 1. The molecule has 5 nitrogen and oxygen atoms in total. The van der Waals surface area contributed by atoms with Crippen molar-refractivity contribution in [3.63, 3.8) is 0 Å². The highest BCUT2D eigenvalue weighted by Gasteiger charge is 2.21. The van der Waals surface area contributed by atoms with Crippen molar-refractivity contribution in [3.05, 3.63) is 52.5 Å². The van der Waals surface area contributed by atoms with Gasteiger partial charge in [-0.1, -0.05) is 28.9 Å². The van der Waals surface area contributed by atoms with E-state index in [0.717, 1.165) is 10.4 Å². The number of thiophene rings is 1. The summed E-state index contributed by atoms with van der Waals surface area (Å²) in [6, 6.07) is 10.3. The molecule has 0 bridgehead atoms. The molecule has 0 radical (unpaired) electrons. The predicted octanol–water partition coefficient (Wildman–Crippen LogP) is 4.17. The van der Waals surface area contributed by atoms with Crippen molar-refractivity contribution in [1.82, 2.24) is 5.16 Å². The third-order valence-corrected chi connectivity index (χ3v) is 6.01. The average molecular weight is 355 g/mol. The molecular weight excluding hydrogens is 344 g/mol. The van der Waals surface area contributed by atoms with Gasteiger partial charge >= 0.3 is 0 Å². The van der Waals surface area contributed by atoms with Crippen LogP contribution in [0.5, 0.6) is 0 Å². The summed E-state index contributed by atoms with van der Waals surface area (Å²) in [6.07, 6.45) is 1.46. The highest BCUT2D eigenvalue weighted by molar-refractivity contribution is 7.94. The van der Waals surface area contributed by atoms with Gasteiger partial charge in [-0.25, -0.2) is 13.1 Å². The summed E-state index contributed by atoms with van der Waals surface area (Å²) < 4.78 is 32.4. The number of halogens is 1. The fourth-order valence-electron chi connectivity index (χ4n) is 1.88. The SMILES string of the molecule is Cc1ccc(S(=O)(=O)Nc2oncc2-c2ccc(Cl)cc2)s1. The fourth-order valence-corrected chi connectivity index (χ4v) is 4.29. The first-order valence-corrected chi connectivity index (χ1v) is 8.93. The van der Waals surface area contributed by atoms with Gasteiger partial charge in [-0.05, 0) is 36.8 Å². The molecule has 1 aromatic carbocycles. The molecule has 0 aliphatic rings. The zero-order chi connectivity index (χ0) is 15.7. The van der Waals surface area contributed by atoms with E-state index < -0.39 is 10.0 Å². The number of aryl methyl sites for hydroxylation is 1. The van der Waals surface area contributed by atoms with Gasteiger partial charge in [-0.2, -0.15) is 0 Å². The van der Waals surface area contributed by atoms with Crippen molar-refractivity contribution in [2.24, 2.45) is 0 Å². The van der Waals surface area contributed by atoms with Gasteiger partial charge in [0, 0.05) is 9.90 Å². The predicted molar refractivity (Wildman–Crippen MR) is 86.8 cm³/mol. The molecule has 22 heavy (non-hydrogen) atoms. The lowest BCUT2D eigenvalue weighted by Gasteiger charge is -2.05. The Morgan fingerprint density at radius 3 is 2.55 bits per heavy atom. The normalized spacial score (nSPS) is 11.5. The number of hydrogen-bond acceptors (Lipinski definition) is 5. The van der Waals surface area contributed by atoms with E-state index in [2.05, 4.69) is 9.88 Å². The van der Waals surface area contributed by atoms with Crippen molar-refractivity contribution in [2.75, 3.05) is 4.72 Å². The molecule has 3 aromatic rings. The molecule has 1 N–H and O–H groups in total. The number of rotatable bonds is 4. The topological polar surface area (TPSA) is 72.2 Å². The van der Waals surface area contributed by atoms with Crippen molar-refractivity contribution >= 4 is 38.8 Å². The van der Waals surface area contributed by atoms with E-state index in [0.29, 0.717) is 10.6 Å². The molecule has 2 heterocycles. The van der Waals surface area contributed by atoms with Crippen molar-refractivity contribution in [3.8, 4) is 11.1 Å². The summed E-state index contributed by atoms with van der Waals surface area (Å²) in [5.74, 6) is 0.0772. The van der Waals surface area contributed by atoms with E-state index in [1.54, 1.807) is 36.4 Å². The second-order valence-corrected chi connectivity index (χ2v) is 8.18. The van der Waals surface area contributed by atoms with Crippen LogP contribution in [-0.2, 0) is 10.0 Å². The van der Waals surface area contributed by atoms with Crippen molar-refractivity contribution in [2.45, 2.75) is 11.1 Å². The van der Waals surface area contributed by atoms with Crippen LogP contribution < -0.4 is 4.72 Å². The lowest BCUT2D eigenvalue weighted by molar-refractivity contribution is 0.436. The Balaban J connectivity index is 1.94. The average Bonchev–Trinajstić information content (AvgIpc) is 3.09. The van der Waals surface area contributed by atoms with Crippen LogP contribution >= 0.6 is 22.9 Å². The van der Waals surface area contributed by atoms with E-state index in [-0.39, 0.29) is 10.1 Å². The summed E-state index contributed by atoms with van der Waals surface area (Å²) >= 11 is 7.04. The Hall–Kier alpha value is -1.83. The zero-order valence-electron chi connectivity index (χ0n) is 11.4. The third-order valence-electron chi connectivity index (χ3n) is 2.93. The minimum atomic E-state index is -3.69. The van der Waals surface area contributed by atoms with Crippen LogP contribution in [0.25, 0.3) is 11.1 Å². The molecular formula is C14H11ClN2O3S2. The van der Waals surface area contributed by atoms with E-state index in [4.69, 9.17) is 16.1 Å². The smallest absolute Gasteiger partial charge is 0.273 e. The molecule has 0 unspecified atom stereocenters. The first kappa shape index (κ1) is 15.1. The van der Waals surface area contributed by atoms with Gasteiger partial charge < -0.3 is 4.52 Å². The highest BCUT2D eigenvalue weighted by atomic mass is 35.5. The zero-order valence-corrected chi connectivity index (χ0v) is 13.8. The fraction of sp³-hybridized carbons (Fsp3) is 0.0714. The molecule has 8 heteroatoms. The number of nitrogens with one attached hydrogen (secondary N) is 1. The van der Waals surface area contributed by atoms with E-state index in [9.17, 15) is 8.42 Å². The van der Waals surface area contributed by atoms with Crippen molar-refractivity contribution < 1.29 is 12.9 Å². The van der Waals surface area contributed by atoms with Gasteiger partial charge in [-0.3, -0.25) is 0 Å². The Morgan fingerprint density at radius 1 is 1.18 bits per heavy atom. The molecule has 2 aromatic heterocycles. The maximum absolute atomic E-state index is 12.3. The number of hydrogen-bond donors (Lipinski definition) is 1. The molecule has 0 fully saturated rings. The maximum Gasteiger partial charge on any atom is 0.273 e. The Kier molecular flexibility index (Phi) is 3.94. The summed E-state index contributed by atoms with van der Waals surface area (Å²) in [7, 11) is -3.69. The summed E-state index contributed by atoms with van der Waals surface area (Å²) in [5.41, 5.74) is 1.30. The summed E-state index contributed by atoms with van der Waals surface area (Å²) in [6.45, 7) is 1.84. The Bertz CT molecular complexity index is 898. The molecule has 0 amide bonds. The largest absolute Gasteiger partial charge is 0.337 e. The van der Waals surface area contributed by atoms with Gasteiger partial charge in [0.15, 0.2) is 0 Å². The Morgan fingerprint density at radius 2 is 1.91 bits per heavy atom. The van der Waals surface area contributed by atoms with Crippen LogP contribution in [-0.4, -0.2) is 13.6 Å². The Labute approximate surface area is 136 Å². The quantitative estimate of drug-likeness (QED) is 0.763. The van der Waals surface area contributed by atoms with E-state index >= 15 is 0 Å². The maximum atomic E-state index is 12.3. The number of sulfonamides is 1. The van der Waals surface area contributed by atoms with E-state index in [1.165, 1.54) is 17.5 Å². The lowest BCUT2D eigenvalue weighted by Crippen LogP contribution is -2.11. The standard InChI is InChI=1S/C14H11ClN2O3S2/c1-9-2-7-13(21-9)22(18,19)17-14-12(8-16-20-14)10-3-5-11(15)6-4-10/h2-8,17H,1H3. The molecule has 0 atom stereocenters. The van der Waals surface area contributed by atoms with Gasteiger partial charge in [-0.15, -0.1) is 11.3 Å². The third kappa shape index (κ3) is 3.01. The molecule has 0 saturated heterocycles. The van der Waals surface area contributed by atoms with Gasteiger partial charge in [0.1, 0.15) is 4.21 Å². The summed E-state index contributed by atoms with van der Waals surface area (Å²) in [5, 5.41) is 4.27. The minimum Gasteiger partial charge on any atom is -0.337 e. The first-order chi connectivity index (χ1) is 10.5. The number of aromatic nitrogens is 1. The van der Waals surface area contributed by atoms with Crippen LogP contribution in [0.2, 0.25) is 5.02 Å². The van der Waals surface area contributed by atoms with Crippen LogP contribution in [0, 0.1) is 6.92 Å². The molecule has 0 saturated carbocycles. The van der Waals surface area contributed by atoms with Crippen LogP contribution in [0.1, 0.15) is 4.88 Å². The molecule has 0 spiro atoms. The van der Waals surface area contributed by atoms with Gasteiger partial charge in [0.05, 0.1) is 11.8 Å². The monoisotopic (exact) mass is 354 g/mol. The minimum absolute atomic E-state index is 0.0772. The van der Waals surface area contributed by atoms with Gasteiger partial charge in [0.25, 0.3) is 10.0 Å². The molecule has 114 valence electrons. The number of benzene rings is 1. The van der Waals surface area contributed by atoms with Crippen LogP contribution in [0.15, 0.2) is 51.3 Å². The van der Waals surface area contributed by atoms with Crippen LogP contribution in [0.4, 0.5) is 5.88 Å². The van der Waals surface area contributed by atoms with Crippen LogP contribution in [0.3, 0.4) is 0 Å². The molecule has 0 aliphatic heterocycles. The lowest BCUT2D eigenvalue weighted by atomic mass is 10.1. The number of anilines is 1. The van der Waals surface area contributed by atoms with Crippen molar-refractivity contribution in [1.29, 1.82) is 0 Å². The molecule has 0 aliphatic carbocycles. The summed E-state index contributed by atoms with van der Waals surface area (Å²) in [4.78, 5) is 0.913.